The zero-order valence-electron chi connectivity index (χ0n) is 14.1. The molecule has 4 aromatic heterocycles. The highest BCUT2D eigenvalue weighted by molar-refractivity contribution is 6.31. The fourth-order valence-corrected chi connectivity index (χ4v) is 3.14. The van der Waals surface area contributed by atoms with E-state index in [1.165, 1.54) is 6.92 Å². The maximum atomic E-state index is 11.4. The van der Waals surface area contributed by atoms with E-state index in [0.29, 0.717) is 21.6 Å². The second-order valence-corrected chi connectivity index (χ2v) is 6.77. The molecule has 0 aliphatic rings. The lowest BCUT2D eigenvalue weighted by atomic mass is 10.0. The first-order chi connectivity index (χ1) is 13.0. The summed E-state index contributed by atoms with van der Waals surface area (Å²) in [7, 11) is 0. The number of anilines is 1. The molecule has 27 heavy (non-hydrogen) atoms. The molecule has 0 aliphatic heterocycles. The summed E-state index contributed by atoms with van der Waals surface area (Å²) in [6, 6.07) is 9.05. The smallest absolute Gasteiger partial charge is 0.222 e. The van der Waals surface area contributed by atoms with Crippen LogP contribution in [-0.4, -0.2) is 25.8 Å². The highest BCUT2D eigenvalue weighted by Crippen LogP contribution is 2.37. The molecule has 134 valence electrons. The Balaban J connectivity index is 1.96. The van der Waals surface area contributed by atoms with Crippen LogP contribution < -0.4 is 5.32 Å². The zero-order chi connectivity index (χ0) is 19.0. The van der Waals surface area contributed by atoms with E-state index in [4.69, 9.17) is 23.2 Å². The standard InChI is InChI=1S/C19H13Cl2N5O/c1-10(27)25-16-6-11(4-5-22-16)18-17(14-3-2-12(20)8-23-14)19-15(26-18)7-13(21)9-24-19/h2-9,26H,1H3,(H,22,25,27). The summed E-state index contributed by atoms with van der Waals surface area (Å²) < 4.78 is 0. The predicted octanol–water partition coefficient (Wildman–Crippen LogP) is 4.95. The van der Waals surface area contributed by atoms with E-state index >= 15 is 0 Å². The topological polar surface area (TPSA) is 83.6 Å². The van der Waals surface area contributed by atoms with Crippen molar-refractivity contribution >= 4 is 46.0 Å². The van der Waals surface area contributed by atoms with Crippen LogP contribution in [0.5, 0.6) is 0 Å². The second-order valence-electron chi connectivity index (χ2n) is 5.90. The highest BCUT2D eigenvalue weighted by atomic mass is 35.5. The molecule has 0 fully saturated rings. The van der Waals surface area contributed by atoms with Crippen molar-refractivity contribution in [2.45, 2.75) is 6.92 Å². The first kappa shape index (κ1) is 17.5. The summed E-state index contributed by atoms with van der Waals surface area (Å²) in [4.78, 5) is 27.8. The van der Waals surface area contributed by atoms with Crippen molar-refractivity contribution < 1.29 is 4.79 Å². The lowest BCUT2D eigenvalue weighted by Gasteiger charge is -2.07. The highest BCUT2D eigenvalue weighted by Gasteiger charge is 2.18. The molecule has 6 nitrogen and oxygen atoms in total. The van der Waals surface area contributed by atoms with Gasteiger partial charge in [-0.05, 0) is 30.3 Å². The lowest BCUT2D eigenvalue weighted by Crippen LogP contribution is -2.07. The number of pyridine rings is 3. The molecule has 4 aromatic rings. The molecule has 0 aromatic carbocycles. The monoisotopic (exact) mass is 397 g/mol. The number of hydrogen-bond donors (Lipinski definition) is 2. The summed E-state index contributed by atoms with van der Waals surface area (Å²) in [5.41, 5.74) is 4.68. The van der Waals surface area contributed by atoms with Crippen molar-refractivity contribution in [2.75, 3.05) is 5.32 Å². The summed E-state index contributed by atoms with van der Waals surface area (Å²) >= 11 is 12.1. The van der Waals surface area contributed by atoms with Crippen LogP contribution in [0.2, 0.25) is 10.0 Å². The molecule has 0 spiro atoms. The largest absolute Gasteiger partial charge is 0.353 e. The Kier molecular flexibility index (Phi) is 4.51. The van der Waals surface area contributed by atoms with Crippen LogP contribution >= 0.6 is 23.2 Å². The van der Waals surface area contributed by atoms with Gasteiger partial charge in [-0.15, -0.1) is 0 Å². The van der Waals surface area contributed by atoms with E-state index in [-0.39, 0.29) is 5.91 Å². The minimum Gasteiger partial charge on any atom is -0.353 e. The summed E-state index contributed by atoms with van der Waals surface area (Å²) in [5.74, 6) is 0.268. The number of carbonyl (C=O) groups excluding carboxylic acids is 1. The Morgan fingerprint density at radius 1 is 1.04 bits per heavy atom. The molecule has 4 rings (SSSR count). The van der Waals surface area contributed by atoms with Gasteiger partial charge < -0.3 is 10.3 Å². The van der Waals surface area contributed by atoms with Gasteiger partial charge in [-0.2, -0.15) is 0 Å². The van der Waals surface area contributed by atoms with Gasteiger partial charge in [-0.1, -0.05) is 23.2 Å². The fourth-order valence-electron chi connectivity index (χ4n) is 2.87. The number of fused-ring (bicyclic) bond motifs is 1. The van der Waals surface area contributed by atoms with Gasteiger partial charge in [0.15, 0.2) is 0 Å². The summed E-state index contributed by atoms with van der Waals surface area (Å²) in [6.45, 7) is 1.44. The third-order valence-corrected chi connectivity index (χ3v) is 4.37. The maximum Gasteiger partial charge on any atom is 0.222 e. The maximum absolute atomic E-state index is 11.4. The molecular formula is C19H13Cl2N5O. The van der Waals surface area contributed by atoms with Gasteiger partial charge >= 0.3 is 0 Å². The molecule has 0 saturated carbocycles. The molecule has 2 N–H and O–H groups in total. The average Bonchev–Trinajstić information content (AvgIpc) is 3.00. The minimum absolute atomic E-state index is 0.190. The number of H-pyrrole nitrogens is 1. The van der Waals surface area contributed by atoms with Crippen LogP contribution in [0.15, 0.2) is 48.9 Å². The van der Waals surface area contributed by atoms with Gasteiger partial charge in [0.25, 0.3) is 0 Å². The molecule has 8 heteroatoms. The van der Waals surface area contributed by atoms with Gasteiger partial charge in [0.1, 0.15) is 5.82 Å². The molecular weight excluding hydrogens is 385 g/mol. The number of nitrogens with zero attached hydrogens (tertiary/aromatic N) is 3. The van der Waals surface area contributed by atoms with Crippen LogP contribution in [0.1, 0.15) is 6.92 Å². The molecule has 0 unspecified atom stereocenters. The number of carbonyl (C=O) groups is 1. The Bertz CT molecular complexity index is 1150. The SMILES string of the molecule is CC(=O)Nc1cc(-c2[nH]c3cc(Cl)cnc3c2-c2ccc(Cl)cn2)ccn1. The lowest BCUT2D eigenvalue weighted by molar-refractivity contribution is -0.114. The third-order valence-electron chi connectivity index (χ3n) is 3.94. The van der Waals surface area contributed by atoms with E-state index in [1.54, 1.807) is 30.7 Å². The van der Waals surface area contributed by atoms with E-state index in [2.05, 4.69) is 25.3 Å². The fraction of sp³-hybridized carbons (Fsp3) is 0.0526. The number of amides is 1. The number of halogens is 2. The zero-order valence-corrected chi connectivity index (χ0v) is 15.6. The molecule has 1 amide bonds. The van der Waals surface area contributed by atoms with Gasteiger partial charge in [0.2, 0.25) is 5.91 Å². The normalized spacial score (nSPS) is 10.9. The van der Waals surface area contributed by atoms with Crippen molar-refractivity contribution in [3.63, 3.8) is 0 Å². The number of aromatic amines is 1. The Hall–Kier alpha value is -2.96. The van der Waals surface area contributed by atoms with Crippen molar-refractivity contribution in [1.82, 2.24) is 19.9 Å². The second kappa shape index (κ2) is 6.98. The number of nitrogens with one attached hydrogen (secondary N) is 2. The van der Waals surface area contributed by atoms with Crippen LogP contribution in [0.25, 0.3) is 33.5 Å². The van der Waals surface area contributed by atoms with Crippen molar-refractivity contribution in [3.8, 4) is 22.5 Å². The minimum atomic E-state index is -0.190. The molecule has 0 radical (unpaired) electrons. The van der Waals surface area contributed by atoms with Crippen LogP contribution in [-0.2, 0) is 4.79 Å². The van der Waals surface area contributed by atoms with E-state index in [9.17, 15) is 4.79 Å². The average molecular weight is 398 g/mol. The van der Waals surface area contributed by atoms with Gasteiger partial charge in [0.05, 0.1) is 38.0 Å². The first-order valence-corrected chi connectivity index (χ1v) is 8.80. The molecule has 0 aliphatic carbocycles. The summed E-state index contributed by atoms with van der Waals surface area (Å²) in [6.07, 6.45) is 4.81. The Labute approximate surface area is 164 Å². The Morgan fingerprint density at radius 3 is 2.59 bits per heavy atom. The summed E-state index contributed by atoms with van der Waals surface area (Å²) in [5, 5.41) is 3.77. The quantitative estimate of drug-likeness (QED) is 0.511. The van der Waals surface area contributed by atoms with E-state index < -0.39 is 0 Å². The van der Waals surface area contributed by atoms with E-state index in [1.807, 2.05) is 18.2 Å². The van der Waals surface area contributed by atoms with Crippen molar-refractivity contribution in [1.29, 1.82) is 0 Å². The van der Waals surface area contributed by atoms with Gasteiger partial charge in [-0.25, -0.2) is 4.98 Å². The number of aromatic nitrogens is 4. The molecule has 4 heterocycles. The number of hydrogen-bond acceptors (Lipinski definition) is 4. The van der Waals surface area contributed by atoms with Gasteiger partial charge in [0, 0.05) is 31.1 Å². The van der Waals surface area contributed by atoms with Crippen molar-refractivity contribution in [2.24, 2.45) is 0 Å². The predicted molar refractivity (Wildman–Crippen MR) is 107 cm³/mol. The van der Waals surface area contributed by atoms with Crippen LogP contribution in [0, 0.1) is 0 Å². The molecule has 0 atom stereocenters. The first-order valence-electron chi connectivity index (χ1n) is 8.04. The van der Waals surface area contributed by atoms with Gasteiger partial charge in [-0.3, -0.25) is 14.8 Å². The Morgan fingerprint density at radius 2 is 1.85 bits per heavy atom. The van der Waals surface area contributed by atoms with Crippen LogP contribution in [0.4, 0.5) is 5.82 Å². The van der Waals surface area contributed by atoms with Crippen LogP contribution in [0.3, 0.4) is 0 Å². The molecule has 0 saturated heterocycles. The third kappa shape index (κ3) is 3.49. The number of rotatable bonds is 3. The van der Waals surface area contributed by atoms with E-state index in [0.717, 1.165) is 27.9 Å². The van der Waals surface area contributed by atoms with Crippen molar-refractivity contribution in [3.05, 3.63) is 59.0 Å². The molecule has 0 bridgehead atoms.